The van der Waals surface area contributed by atoms with Gasteiger partial charge in [0.1, 0.15) is 17.0 Å². The zero-order valence-corrected chi connectivity index (χ0v) is 18.9. The van der Waals surface area contributed by atoms with Crippen molar-refractivity contribution in [2.75, 3.05) is 45.3 Å². The molecule has 0 saturated heterocycles. The molecule has 160 valence electrons. The average Bonchev–Trinajstić information content (AvgIpc) is 3.15. The molecule has 0 unspecified atom stereocenters. The molecule has 3 aromatic rings. The number of amides is 1. The van der Waals surface area contributed by atoms with Crippen molar-refractivity contribution >= 4 is 32.6 Å². The molecule has 0 bridgehead atoms. The van der Waals surface area contributed by atoms with Crippen LogP contribution in [0.4, 0.5) is 5.13 Å². The van der Waals surface area contributed by atoms with E-state index in [-0.39, 0.29) is 5.91 Å². The first-order valence-electron chi connectivity index (χ1n) is 10.3. The number of fused-ring (bicyclic) bond motifs is 1. The fourth-order valence-corrected chi connectivity index (χ4v) is 4.13. The SMILES string of the molecule is CCOc1ccc(CC(=O)N(CC[NH+](C)C)c2nc3c(OCC)cccc3s2)cc1. The van der Waals surface area contributed by atoms with Crippen LogP contribution in [0.2, 0.25) is 0 Å². The highest BCUT2D eigenvalue weighted by molar-refractivity contribution is 7.22. The minimum atomic E-state index is 0.0393. The number of quaternary nitrogens is 1. The summed E-state index contributed by atoms with van der Waals surface area (Å²) in [4.78, 5) is 21.1. The van der Waals surface area contributed by atoms with Gasteiger partial charge in [0.15, 0.2) is 5.13 Å². The van der Waals surface area contributed by atoms with Crippen molar-refractivity contribution in [1.29, 1.82) is 0 Å². The van der Waals surface area contributed by atoms with Crippen LogP contribution in [0.5, 0.6) is 11.5 Å². The molecule has 0 saturated carbocycles. The molecule has 1 aromatic heterocycles. The highest BCUT2D eigenvalue weighted by atomic mass is 32.1. The Morgan fingerprint density at radius 3 is 2.47 bits per heavy atom. The van der Waals surface area contributed by atoms with Gasteiger partial charge in [-0.15, -0.1) is 0 Å². The monoisotopic (exact) mass is 428 g/mol. The molecule has 0 atom stereocenters. The number of rotatable bonds is 10. The van der Waals surface area contributed by atoms with E-state index in [1.54, 1.807) is 0 Å². The molecule has 2 aromatic carbocycles. The van der Waals surface area contributed by atoms with Gasteiger partial charge >= 0.3 is 0 Å². The van der Waals surface area contributed by atoms with Crippen LogP contribution in [-0.2, 0) is 11.2 Å². The molecule has 1 N–H and O–H groups in total. The molecule has 0 radical (unpaired) electrons. The number of aromatic nitrogens is 1. The second kappa shape index (κ2) is 10.4. The van der Waals surface area contributed by atoms with Crippen molar-refractivity contribution in [2.45, 2.75) is 20.3 Å². The van der Waals surface area contributed by atoms with Gasteiger partial charge in [-0.05, 0) is 43.7 Å². The Bertz CT molecular complexity index is 969. The Balaban J connectivity index is 1.85. The van der Waals surface area contributed by atoms with Crippen LogP contribution >= 0.6 is 11.3 Å². The maximum Gasteiger partial charge on any atom is 0.233 e. The summed E-state index contributed by atoms with van der Waals surface area (Å²) in [5.41, 5.74) is 1.78. The summed E-state index contributed by atoms with van der Waals surface area (Å²) in [6.45, 7) is 6.57. The molecule has 1 amide bonds. The number of ether oxygens (including phenoxy) is 2. The van der Waals surface area contributed by atoms with Gasteiger partial charge in [-0.3, -0.25) is 9.69 Å². The van der Waals surface area contributed by atoms with Gasteiger partial charge in [0.2, 0.25) is 5.91 Å². The standard InChI is InChI=1S/C23H29N3O3S/c1-5-28-18-12-10-17(11-13-18)16-21(27)26(15-14-25(3)4)23-24-22-19(29-6-2)8-7-9-20(22)30-23/h7-13H,5-6,14-16H2,1-4H3/p+1. The summed E-state index contributed by atoms with van der Waals surface area (Å²) in [5, 5.41) is 0.717. The lowest BCUT2D eigenvalue weighted by Crippen LogP contribution is -3.06. The van der Waals surface area contributed by atoms with E-state index in [9.17, 15) is 4.79 Å². The number of carbonyl (C=O) groups is 1. The Hall–Kier alpha value is -2.64. The average molecular weight is 429 g/mol. The highest BCUT2D eigenvalue weighted by Gasteiger charge is 2.22. The van der Waals surface area contributed by atoms with Gasteiger partial charge in [-0.25, -0.2) is 4.98 Å². The van der Waals surface area contributed by atoms with E-state index in [0.29, 0.717) is 31.3 Å². The summed E-state index contributed by atoms with van der Waals surface area (Å²) in [5.74, 6) is 1.61. The molecule has 0 aliphatic carbocycles. The second-order valence-corrected chi connectivity index (χ2v) is 8.30. The van der Waals surface area contributed by atoms with Crippen molar-refractivity contribution in [3.63, 3.8) is 0 Å². The molecular formula is C23H30N3O3S+. The Kier molecular flexibility index (Phi) is 7.65. The molecule has 0 spiro atoms. The lowest BCUT2D eigenvalue weighted by molar-refractivity contribution is -0.856. The summed E-state index contributed by atoms with van der Waals surface area (Å²) in [6, 6.07) is 13.6. The summed E-state index contributed by atoms with van der Waals surface area (Å²) in [6.07, 6.45) is 0.323. The lowest BCUT2D eigenvalue weighted by Gasteiger charge is -2.20. The zero-order chi connectivity index (χ0) is 21.5. The van der Waals surface area contributed by atoms with Crippen molar-refractivity contribution in [1.82, 2.24) is 4.98 Å². The molecular weight excluding hydrogens is 398 g/mol. The van der Waals surface area contributed by atoms with Crippen LogP contribution in [0.3, 0.4) is 0 Å². The van der Waals surface area contributed by atoms with Crippen LogP contribution in [0, 0.1) is 0 Å². The van der Waals surface area contributed by atoms with E-state index >= 15 is 0 Å². The minimum Gasteiger partial charge on any atom is -0.494 e. The Morgan fingerprint density at radius 2 is 1.80 bits per heavy atom. The molecule has 30 heavy (non-hydrogen) atoms. The van der Waals surface area contributed by atoms with Crippen LogP contribution < -0.4 is 19.3 Å². The second-order valence-electron chi connectivity index (χ2n) is 7.29. The van der Waals surface area contributed by atoms with Gasteiger partial charge in [0, 0.05) is 0 Å². The third-order valence-corrected chi connectivity index (χ3v) is 5.67. The Labute approximate surface area is 182 Å². The summed E-state index contributed by atoms with van der Waals surface area (Å²) in [7, 11) is 4.17. The maximum absolute atomic E-state index is 13.2. The van der Waals surface area contributed by atoms with Gasteiger partial charge < -0.3 is 14.4 Å². The van der Waals surface area contributed by atoms with Crippen LogP contribution in [0.15, 0.2) is 42.5 Å². The summed E-state index contributed by atoms with van der Waals surface area (Å²) >= 11 is 1.53. The largest absolute Gasteiger partial charge is 0.494 e. The molecule has 0 fully saturated rings. The molecule has 7 heteroatoms. The molecule has 6 nitrogen and oxygen atoms in total. The number of carbonyl (C=O) groups excluding carboxylic acids is 1. The number of thiazole rings is 1. The summed E-state index contributed by atoms with van der Waals surface area (Å²) < 4.78 is 12.2. The van der Waals surface area contributed by atoms with Gasteiger partial charge in [-0.2, -0.15) is 0 Å². The zero-order valence-electron chi connectivity index (χ0n) is 18.1. The third kappa shape index (κ3) is 5.49. The number of hydrogen-bond acceptors (Lipinski definition) is 5. The first kappa shape index (κ1) is 22.1. The number of nitrogens with zero attached hydrogens (tertiary/aromatic N) is 2. The van der Waals surface area contributed by atoms with Gasteiger partial charge in [0.25, 0.3) is 0 Å². The van der Waals surface area contributed by atoms with Crippen LogP contribution in [0.1, 0.15) is 19.4 Å². The van der Waals surface area contributed by atoms with E-state index in [4.69, 9.17) is 14.5 Å². The van der Waals surface area contributed by atoms with Crippen molar-refractivity contribution in [3.8, 4) is 11.5 Å². The van der Waals surface area contributed by atoms with Gasteiger partial charge in [-0.1, -0.05) is 29.5 Å². The highest BCUT2D eigenvalue weighted by Crippen LogP contribution is 2.34. The normalized spacial score (nSPS) is 11.1. The molecule has 1 heterocycles. The number of anilines is 1. The van der Waals surface area contributed by atoms with Crippen molar-refractivity contribution < 1.29 is 19.2 Å². The first-order valence-corrected chi connectivity index (χ1v) is 11.2. The minimum absolute atomic E-state index is 0.0393. The van der Waals surface area contributed by atoms with E-state index in [0.717, 1.165) is 33.8 Å². The van der Waals surface area contributed by atoms with Crippen molar-refractivity contribution in [3.05, 3.63) is 48.0 Å². The quantitative estimate of drug-likeness (QED) is 0.540. The topological polar surface area (TPSA) is 56.1 Å². The predicted octanol–water partition coefficient (Wildman–Crippen LogP) is 2.81. The van der Waals surface area contributed by atoms with E-state index < -0.39 is 0 Å². The fourth-order valence-electron chi connectivity index (χ4n) is 3.10. The smallest absolute Gasteiger partial charge is 0.233 e. The van der Waals surface area contributed by atoms with E-state index in [2.05, 4.69) is 14.1 Å². The number of para-hydroxylation sites is 1. The van der Waals surface area contributed by atoms with Crippen LogP contribution in [0.25, 0.3) is 10.2 Å². The Morgan fingerprint density at radius 1 is 1.07 bits per heavy atom. The third-order valence-electron chi connectivity index (χ3n) is 4.63. The number of hydrogen-bond donors (Lipinski definition) is 1. The molecule has 0 aliphatic rings. The number of benzene rings is 2. The predicted molar refractivity (Wildman–Crippen MR) is 122 cm³/mol. The van der Waals surface area contributed by atoms with E-state index in [1.165, 1.54) is 16.2 Å². The van der Waals surface area contributed by atoms with E-state index in [1.807, 2.05) is 61.2 Å². The first-order chi connectivity index (χ1) is 14.5. The molecule has 3 rings (SSSR count). The lowest BCUT2D eigenvalue weighted by atomic mass is 10.1. The maximum atomic E-state index is 13.2. The van der Waals surface area contributed by atoms with Gasteiger partial charge in [0.05, 0.1) is 51.5 Å². The van der Waals surface area contributed by atoms with Crippen LogP contribution in [-0.4, -0.2) is 51.3 Å². The fraction of sp³-hybridized carbons (Fsp3) is 0.391. The molecule has 0 aliphatic heterocycles. The van der Waals surface area contributed by atoms with Crippen molar-refractivity contribution in [2.24, 2.45) is 0 Å². The number of likely N-dealkylation sites (N-methyl/N-ethyl adjacent to an activating group) is 1. The number of nitrogens with one attached hydrogen (secondary N) is 1.